The van der Waals surface area contributed by atoms with Gasteiger partial charge in [0.15, 0.2) is 0 Å². The third-order valence-electron chi connectivity index (χ3n) is 2.38. The number of rotatable bonds is 4. The zero-order valence-electron chi connectivity index (χ0n) is 9.77. The van der Waals surface area contributed by atoms with Crippen molar-refractivity contribution in [2.24, 2.45) is 5.84 Å². The number of nitrogens with one attached hydrogen (secondary N) is 2. The normalized spacial score (nSPS) is 10.6. The van der Waals surface area contributed by atoms with E-state index in [0.29, 0.717) is 5.82 Å². The average molecular weight is 249 g/mol. The SMILES string of the molecule is CC(C)c1c(NN)ncnc1Nc1ccsc1. The van der Waals surface area contributed by atoms with Crippen LogP contribution in [0.2, 0.25) is 0 Å². The van der Waals surface area contributed by atoms with Gasteiger partial charge in [0.05, 0.1) is 5.69 Å². The topological polar surface area (TPSA) is 75.9 Å². The first-order valence-electron chi connectivity index (χ1n) is 5.33. The van der Waals surface area contributed by atoms with Gasteiger partial charge in [-0.05, 0) is 17.4 Å². The molecule has 0 aliphatic heterocycles. The fourth-order valence-corrected chi connectivity index (χ4v) is 2.22. The van der Waals surface area contributed by atoms with Crippen LogP contribution in [0, 0.1) is 0 Å². The minimum Gasteiger partial charge on any atom is -0.339 e. The molecule has 2 aromatic heterocycles. The molecule has 2 aromatic rings. The highest BCUT2D eigenvalue weighted by atomic mass is 32.1. The van der Waals surface area contributed by atoms with Gasteiger partial charge < -0.3 is 10.7 Å². The first-order valence-corrected chi connectivity index (χ1v) is 6.27. The molecule has 17 heavy (non-hydrogen) atoms. The molecule has 2 heterocycles. The van der Waals surface area contributed by atoms with E-state index in [1.807, 2.05) is 16.8 Å². The highest BCUT2D eigenvalue weighted by Gasteiger charge is 2.14. The number of hydrogen-bond donors (Lipinski definition) is 3. The van der Waals surface area contributed by atoms with Crippen molar-refractivity contribution in [1.82, 2.24) is 9.97 Å². The summed E-state index contributed by atoms with van der Waals surface area (Å²) in [4.78, 5) is 8.39. The van der Waals surface area contributed by atoms with Crippen LogP contribution in [0.4, 0.5) is 17.3 Å². The van der Waals surface area contributed by atoms with E-state index in [9.17, 15) is 0 Å². The number of aromatic nitrogens is 2. The molecule has 0 saturated carbocycles. The summed E-state index contributed by atoms with van der Waals surface area (Å²) in [7, 11) is 0. The quantitative estimate of drug-likeness (QED) is 0.573. The molecule has 0 aromatic carbocycles. The summed E-state index contributed by atoms with van der Waals surface area (Å²) < 4.78 is 0. The molecule has 0 radical (unpaired) electrons. The molecule has 5 nitrogen and oxygen atoms in total. The maximum absolute atomic E-state index is 5.46. The minimum atomic E-state index is 0.281. The Hall–Kier alpha value is -1.66. The van der Waals surface area contributed by atoms with Gasteiger partial charge in [0.2, 0.25) is 0 Å². The molecule has 6 heteroatoms. The van der Waals surface area contributed by atoms with Gasteiger partial charge in [-0.3, -0.25) is 0 Å². The van der Waals surface area contributed by atoms with Crippen LogP contribution in [0.25, 0.3) is 0 Å². The molecule has 0 aliphatic rings. The van der Waals surface area contributed by atoms with Gasteiger partial charge in [0.25, 0.3) is 0 Å². The average Bonchev–Trinajstić information content (AvgIpc) is 2.81. The lowest BCUT2D eigenvalue weighted by atomic mass is 10.0. The molecule has 0 fully saturated rings. The van der Waals surface area contributed by atoms with Gasteiger partial charge >= 0.3 is 0 Å². The highest BCUT2D eigenvalue weighted by molar-refractivity contribution is 7.08. The van der Waals surface area contributed by atoms with Gasteiger partial charge in [0, 0.05) is 10.9 Å². The summed E-state index contributed by atoms with van der Waals surface area (Å²) in [6.07, 6.45) is 1.50. The number of hydrazine groups is 1. The predicted octanol–water partition coefficient (Wildman–Crippen LogP) is 2.69. The summed E-state index contributed by atoms with van der Waals surface area (Å²) in [6, 6.07) is 2.01. The second kappa shape index (κ2) is 5.11. The first-order chi connectivity index (χ1) is 8.22. The Morgan fingerprint density at radius 1 is 1.29 bits per heavy atom. The predicted molar refractivity (Wildman–Crippen MR) is 71.5 cm³/mol. The fourth-order valence-electron chi connectivity index (χ4n) is 1.63. The van der Waals surface area contributed by atoms with Crippen molar-refractivity contribution >= 4 is 28.7 Å². The summed E-state index contributed by atoms with van der Waals surface area (Å²) in [6.45, 7) is 4.16. The fraction of sp³-hybridized carbons (Fsp3) is 0.273. The van der Waals surface area contributed by atoms with E-state index in [4.69, 9.17) is 5.84 Å². The molecule has 0 aliphatic carbocycles. The van der Waals surface area contributed by atoms with Crippen LogP contribution >= 0.6 is 11.3 Å². The van der Waals surface area contributed by atoms with Gasteiger partial charge in [-0.15, -0.1) is 0 Å². The van der Waals surface area contributed by atoms with E-state index >= 15 is 0 Å². The third-order valence-corrected chi connectivity index (χ3v) is 3.07. The Balaban J connectivity index is 2.39. The van der Waals surface area contributed by atoms with E-state index < -0.39 is 0 Å². The molecule has 90 valence electrons. The summed E-state index contributed by atoms with van der Waals surface area (Å²) in [5.41, 5.74) is 4.62. The molecular formula is C11H15N5S. The number of thiophene rings is 1. The lowest BCUT2D eigenvalue weighted by molar-refractivity contribution is 0.850. The lowest BCUT2D eigenvalue weighted by Gasteiger charge is -2.15. The molecule has 0 unspecified atom stereocenters. The molecule has 0 spiro atoms. The van der Waals surface area contributed by atoms with E-state index in [1.54, 1.807) is 11.3 Å². The standard InChI is InChI=1S/C11H15N5S/c1-7(2)9-10(13-6-14-11(9)16-12)15-8-3-4-17-5-8/h3-7H,12H2,1-2H3,(H2,13,14,15,16). The smallest absolute Gasteiger partial charge is 0.148 e. The molecule has 0 bridgehead atoms. The second-order valence-electron chi connectivity index (χ2n) is 3.92. The molecule has 2 rings (SSSR count). The lowest BCUT2D eigenvalue weighted by Crippen LogP contribution is -2.14. The number of nitrogens with zero attached hydrogens (tertiary/aromatic N) is 2. The van der Waals surface area contributed by atoms with Crippen molar-refractivity contribution < 1.29 is 0 Å². The van der Waals surface area contributed by atoms with Crippen molar-refractivity contribution in [3.05, 3.63) is 28.7 Å². The van der Waals surface area contributed by atoms with Gasteiger partial charge in [0.1, 0.15) is 18.0 Å². The van der Waals surface area contributed by atoms with Crippen molar-refractivity contribution in [3.8, 4) is 0 Å². The van der Waals surface area contributed by atoms with Crippen LogP contribution in [0.3, 0.4) is 0 Å². The van der Waals surface area contributed by atoms with E-state index in [0.717, 1.165) is 17.1 Å². The maximum Gasteiger partial charge on any atom is 0.148 e. The van der Waals surface area contributed by atoms with Crippen LogP contribution in [-0.4, -0.2) is 9.97 Å². The number of nitrogens with two attached hydrogens (primary N) is 1. The maximum atomic E-state index is 5.46. The Morgan fingerprint density at radius 3 is 2.65 bits per heavy atom. The largest absolute Gasteiger partial charge is 0.339 e. The Labute approximate surface area is 104 Å². The number of anilines is 3. The number of hydrogen-bond acceptors (Lipinski definition) is 6. The van der Waals surface area contributed by atoms with Gasteiger partial charge in [-0.1, -0.05) is 13.8 Å². The second-order valence-corrected chi connectivity index (χ2v) is 4.70. The van der Waals surface area contributed by atoms with Crippen LogP contribution < -0.4 is 16.6 Å². The van der Waals surface area contributed by atoms with Crippen LogP contribution in [0.15, 0.2) is 23.2 Å². The van der Waals surface area contributed by atoms with Crippen LogP contribution in [0.5, 0.6) is 0 Å². The zero-order chi connectivity index (χ0) is 12.3. The van der Waals surface area contributed by atoms with Gasteiger partial charge in [-0.2, -0.15) is 11.3 Å². The first kappa shape index (κ1) is 11.8. The molecule has 0 saturated heterocycles. The third kappa shape index (κ3) is 2.54. The molecule has 4 N–H and O–H groups in total. The monoisotopic (exact) mass is 249 g/mol. The van der Waals surface area contributed by atoms with E-state index in [-0.39, 0.29) is 5.92 Å². The Morgan fingerprint density at radius 2 is 2.06 bits per heavy atom. The number of nitrogen functional groups attached to an aromatic ring is 1. The Bertz CT molecular complexity index is 481. The van der Waals surface area contributed by atoms with E-state index in [2.05, 4.69) is 34.6 Å². The van der Waals surface area contributed by atoms with Crippen molar-refractivity contribution in [2.75, 3.05) is 10.7 Å². The highest BCUT2D eigenvalue weighted by Crippen LogP contribution is 2.30. The summed E-state index contributed by atoms with van der Waals surface area (Å²) >= 11 is 1.64. The molecular weight excluding hydrogens is 234 g/mol. The summed E-state index contributed by atoms with van der Waals surface area (Å²) in [5, 5.41) is 7.32. The van der Waals surface area contributed by atoms with Crippen LogP contribution in [0.1, 0.15) is 25.3 Å². The van der Waals surface area contributed by atoms with Crippen LogP contribution in [-0.2, 0) is 0 Å². The summed E-state index contributed by atoms with van der Waals surface area (Å²) in [5.74, 6) is 7.20. The van der Waals surface area contributed by atoms with Crippen molar-refractivity contribution in [1.29, 1.82) is 0 Å². The van der Waals surface area contributed by atoms with Crippen molar-refractivity contribution in [2.45, 2.75) is 19.8 Å². The van der Waals surface area contributed by atoms with E-state index in [1.165, 1.54) is 6.33 Å². The molecule has 0 atom stereocenters. The molecule has 0 amide bonds. The Kier molecular flexibility index (Phi) is 3.55. The van der Waals surface area contributed by atoms with Crippen molar-refractivity contribution in [3.63, 3.8) is 0 Å². The zero-order valence-corrected chi connectivity index (χ0v) is 10.6. The van der Waals surface area contributed by atoms with Gasteiger partial charge in [-0.25, -0.2) is 15.8 Å². The minimum absolute atomic E-state index is 0.281.